The summed E-state index contributed by atoms with van der Waals surface area (Å²) in [5.41, 5.74) is 0. The van der Waals surface area contributed by atoms with E-state index in [9.17, 15) is 8.42 Å². The fraction of sp³-hybridized carbons (Fsp3) is 0.857. The summed E-state index contributed by atoms with van der Waals surface area (Å²) >= 11 is 0. The zero-order valence-electron chi connectivity index (χ0n) is 13.7. The average Bonchev–Trinajstić information content (AvgIpc) is 2.82. The number of rotatable bonds is 7. The summed E-state index contributed by atoms with van der Waals surface area (Å²) in [6, 6.07) is -0.294. The third-order valence-corrected chi connectivity index (χ3v) is 4.88. The highest BCUT2D eigenvalue weighted by molar-refractivity contribution is 7.89. The van der Waals surface area contributed by atoms with Gasteiger partial charge in [0.05, 0.1) is 24.5 Å². The Balaban J connectivity index is 2.05. The largest absolute Gasteiger partial charge is 0.378 e. The number of nitrogens with zero attached hydrogens (tertiary/aromatic N) is 3. The van der Waals surface area contributed by atoms with Crippen LogP contribution in [0.1, 0.15) is 64.1 Å². The molecule has 0 fully saturated rings. The normalized spacial score (nSPS) is 18.9. The van der Waals surface area contributed by atoms with Gasteiger partial charge in [0.1, 0.15) is 5.82 Å². The number of nitrogens with one attached hydrogen (secondary N) is 1. The minimum Gasteiger partial charge on any atom is -0.378 e. The predicted molar refractivity (Wildman–Crippen MR) is 84.1 cm³/mol. The maximum atomic E-state index is 12.2. The van der Waals surface area contributed by atoms with Gasteiger partial charge < -0.3 is 4.74 Å². The van der Waals surface area contributed by atoms with Crippen LogP contribution in [-0.2, 0) is 21.3 Å². The van der Waals surface area contributed by atoms with E-state index in [4.69, 9.17) is 4.74 Å². The van der Waals surface area contributed by atoms with Crippen molar-refractivity contribution in [1.82, 2.24) is 19.5 Å². The van der Waals surface area contributed by atoms with Crippen LogP contribution in [0.3, 0.4) is 0 Å². The molecule has 126 valence electrons. The van der Waals surface area contributed by atoms with Crippen molar-refractivity contribution in [3.63, 3.8) is 0 Å². The maximum Gasteiger partial charge on any atom is 0.214 e. The van der Waals surface area contributed by atoms with Crippen LogP contribution >= 0.6 is 0 Å². The van der Waals surface area contributed by atoms with Crippen LogP contribution in [-0.4, -0.2) is 41.6 Å². The first-order chi connectivity index (χ1) is 10.3. The molecule has 1 aromatic rings. The van der Waals surface area contributed by atoms with Crippen LogP contribution in [0.15, 0.2) is 0 Å². The smallest absolute Gasteiger partial charge is 0.214 e. The van der Waals surface area contributed by atoms with Crippen LogP contribution < -0.4 is 4.72 Å². The van der Waals surface area contributed by atoms with Crippen LogP contribution in [0.25, 0.3) is 0 Å². The lowest BCUT2D eigenvalue weighted by atomic mass is 10.1. The van der Waals surface area contributed by atoms with Gasteiger partial charge in [-0.1, -0.05) is 13.8 Å². The second kappa shape index (κ2) is 7.06. The Bertz CT molecular complexity index is 595. The predicted octanol–water partition coefficient (Wildman–Crippen LogP) is 1.58. The first-order valence-corrected chi connectivity index (χ1v) is 9.50. The molecule has 0 amide bonds. The van der Waals surface area contributed by atoms with E-state index < -0.39 is 10.0 Å². The second-order valence-corrected chi connectivity index (χ2v) is 8.13. The summed E-state index contributed by atoms with van der Waals surface area (Å²) in [6.07, 6.45) is 1.67. The molecular formula is C14H26N4O3S. The van der Waals surface area contributed by atoms with Gasteiger partial charge in [0, 0.05) is 12.5 Å². The van der Waals surface area contributed by atoms with Gasteiger partial charge in [-0.15, -0.1) is 0 Å². The van der Waals surface area contributed by atoms with Crippen molar-refractivity contribution in [1.29, 1.82) is 0 Å². The van der Waals surface area contributed by atoms with E-state index in [1.54, 1.807) is 0 Å². The number of sulfonamides is 1. The molecule has 8 heteroatoms. The number of hydrogen-bond donors (Lipinski definition) is 1. The molecule has 2 rings (SSSR count). The van der Waals surface area contributed by atoms with Crippen LogP contribution in [0.5, 0.6) is 0 Å². The molecule has 1 aromatic heterocycles. The first kappa shape index (κ1) is 17.4. The standard InChI is InChI=1S/C14H26N4O3S/c1-10(2)13-15-14-12(6-5-7-18(14)16-13)17-22(19,20)9-8-21-11(3)4/h10-12,17H,5-9H2,1-4H3. The number of ether oxygens (including phenoxy) is 1. The highest BCUT2D eigenvalue weighted by atomic mass is 32.2. The lowest BCUT2D eigenvalue weighted by Crippen LogP contribution is -2.35. The van der Waals surface area contributed by atoms with E-state index in [0.29, 0.717) is 0 Å². The topological polar surface area (TPSA) is 86.1 Å². The van der Waals surface area contributed by atoms with Crippen molar-refractivity contribution < 1.29 is 13.2 Å². The van der Waals surface area contributed by atoms with E-state index in [2.05, 4.69) is 14.8 Å². The summed E-state index contributed by atoms with van der Waals surface area (Å²) in [5, 5.41) is 4.46. The van der Waals surface area contributed by atoms with Crippen LogP contribution in [0, 0.1) is 0 Å². The van der Waals surface area contributed by atoms with Gasteiger partial charge in [-0.3, -0.25) is 0 Å². The van der Waals surface area contributed by atoms with Crippen molar-refractivity contribution in [2.45, 2.75) is 65.1 Å². The molecule has 0 saturated heterocycles. The van der Waals surface area contributed by atoms with Gasteiger partial charge in [-0.2, -0.15) is 5.10 Å². The number of fused-ring (bicyclic) bond motifs is 1. The molecule has 0 aliphatic carbocycles. The summed E-state index contributed by atoms with van der Waals surface area (Å²) in [6.45, 7) is 8.83. The first-order valence-electron chi connectivity index (χ1n) is 7.84. The monoisotopic (exact) mass is 330 g/mol. The molecule has 0 radical (unpaired) electrons. The minimum atomic E-state index is -3.39. The van der Waals surface area contributed by atoms with Crippen LogP contribution in [0.2, 0.25) is 0 Å². The average molecular weight is 330 g/mol. The Morgan fingerprint density at radius 3 is 2.73 bits per heavy atom. The van der Waals surface area contributed by atoms with Gasteiger partial charge in [0.2, 0.25) is 10.0 Å². The molecule has 1 atom stereocenters. The van der Waals surface area contributed by atoms with Crippen molar-refractivity contribution in [2.24, 2.45) is 0 Å². The number of aryl methyl sites for hydroxylation is 1. The fourth-order valence-corrected chi connectivity index (χ4v) is 3.48. The van der Waals surface area contributed by atoms with E-state index in [0.717, 1.165) is 31.0 Å². The molecule has 0 spiro atoms. The molecular weight excluding hydrogens is 304 g/mol. The molecule has 1 aliphatic rings. The van der Waals surface area contributed by atoms with E-state index in [1.165, 1.54) is 0 Å². The summed E-state index contributed by atoms with van der Waals surface area (Å²) < 4.78 is 34.3. The third kappa shape index (κ3) is 4.50. The SMILES string of the molecule is CC(C)OCCS(=O)(=O)NC1CCCn2nc(C(C)C)nc21. The second-order valence-electron chi connectivity index (χ2n) is 6.26. The van der Waals surface area contributed by atoms with E-state index >= 15 is 0 Å². The lowest BCUT2D eigenvalue weighted by Gasteiger charge is -2.23. The summed E-state index contributed by atoms with van der Waals surface area (Å²) in [7, 11) is -3.39. The van der Waals surface area contributed by atoms with Gasteiger partial charge in [-0.25, -0.2) is 22.8 Å². The summed E-state index contributed by atoms with van der Waals surface area (Å²) in [5.74, 6) is 1.69. The Morgan fingerprint density at radius 1 is 1.36 bits per heavy atom. The van der Waals surface area contributed by atoms with Crippen LogP contribution in [0.4, 0.5) is 0 Å². The van der Waals surface area contributed by atoms with E-state index in [1.807, 2.05) is 32.4 Å². The minimum absolute atomic E-state index is 0.0292. The molecule has 0 aromatic carbocycles. The van der Waals surface area contributed by atoms with Crippen molar-refractivity contribution in [3.05, 3.63) is 11.6 Å². The fourth-order valence-electron chi connectivity index (χ4n) is 2.39. The molecule has 22 heavy (non-hydrogen) atoms. The Labute approximate surface area is 132 Å². The van der Waals surface area contributed by atoms with E-state index in [-0.39, 0.29) is 30.4 Å². The lowest BCUT2D eigenvalue weighted by molar-refractivity contribution is 0.0911. The molecule has 2 heterocycles. The molecule has 0 bridgehead atoms. The highest BCUT2D eigenvalue weighted by Gasteiger charge is 2.28. The Kier molecular flexibility index (Phi) is 5.57. The quantitative estimate of drug-likeness (QED) is 0.820. The van der Waals surface area contributed by atoms with Gasteiger partial charge in [-0.05, 0) is 26.7 Å². The third-order valence-electron chi connectivity index (χ3n) is 3.53. The molecule has 1 aliphatic heterocycles. The van der Waals surface area contributed by atoms with Crippen molar-refractivity contribution >= 4 is 10.0 Å². The number of hydrogen-bond acceptors (Lipinski definition) is 5. The maximum absolute atomic E-state index is 12.2. The molecule has 0 saturated carbocycles. The zero-order valence-corrected chi connectivity index (χ0v) is 14.6. The Hall–Kier alpha value is -0.990. The van der Waals surface area contributed by atoms with Gasteiger partial charge in [0.15, 0.2) is 5.82 Å². The molecule has 1 unspecified atom stereocenters. The van der Waals surface area contributed by atoms with Gasteiger partial charge in [0.25, 0.3) is 0 Å². The van der Waals surface area contributed by atoms with Crippen molar-refractivity contribution in [2.75, 3.05) is 12.4 Å². The zero-order chi connectivity index (χ0) is 16.3. The van der Waals surface area contributed by atoms with Gasteiger partial charge >= 0.3 is 0 Å². The Morgan fingerprint density at radius 2 is 2.09 bits per heavy atom. The highest BCUT2D eigenvalue weighted by Crippen LogP contribution is 2.25. The number of aromatic nitrogens is 3. The molecule has 7 nitrogen and oxygen atoms in total. The summed E-state index contributed by atoms with van der Waals surface area (Å²) in [4.78, 5) is 4.52. The van der Waals surface area contributed by atoms with Crippen molar-refractivity contribution in [3.8, 4) is 0 Å². The molecule has 1 N–H and O–H groups in total.